The van der Waals surface area contributed by atoms with Crippen molar-refractivity contribution in [2.24, 2.45) is 0 Å². The van der Waals surface area contributed by atoms with E-state index in [-0.39, 0.29) is 5.75 Å². The maximum Gasteiger partial charge on any atom is 0.130 e. The van der Waals surface area contributed by atoms with E-state index in [9.17, 15) is 5.11 Å². The van der Waals surface area contributed by atoms with Crippen LogP contribution in [0.25, 0.3) is 11.1 Å². The highest BCUT2D eigenvalue weighted by molar-refractivity contribution is 5.76. The second kappa shape index (κ2) is 5.39. The fraction of sp³-hybridized carbons (Fsp3) is 0.200. The number of ether oxygens (including phenoxy) is 1. The van der Waals surface area contributed by atoms with E-state index in [0.29, 0.717) is 6.61 Å². The zero-order valence-corrected chi connectivity index (χ0v) is 9.89. The van der Waals surface area contributed by atoms with E-state index in [1.807, 2.05) is 36.4 Å². The highest BCUT2D eigenvalue weighted by Crippen LogP contribution is 2.37. The number of hydrogen-bond acceptors (Lipinski definition) is 2. The third-order valence-electron chi connectivity index (χ3n) is 2.53. The van der Waals surface area contributed by atoms with Crippen molar-refractivity contribution >= 4 is 0 Å². The van der Waals surface area contributed by atoms with Gasteiger partial charge in [0.2, 0.25) is 0 Å². The number of hydrogen-bond donors (Lipinski definition) is 1. The van der Waals surface area contributed by atoms with Gasteiger partial charge in [0.05, 0.1) is 12.2 Å². The summed E-state index contributed by atoms with van der Waals surface area (Å²) in [6.45, 7) is 2.72. The quantitative estimate of drug-likeness (QED) is 0.861. The Balaban J connectivity index is 2.44. The monoisotopic (exact) mass is 228 g/mol. The topological polar surface area (TPSA) is 29.5 Å². The first-order valence-corrected chi connectivity index (χ1v) is 5.83. The summed E-state index contributed by atoms with van der Waals surface area (Å²) >= 11 is 0. The Labute approximate surface area is 101 Å². The van der Waals surface area contributed by atoms with E-state index in [1.165, 1.54) is 0 Å². The molecule has 0 amide bonds. The van der Waals surface area contributed by atoms with Crippen molar-refractivity contribution < 1.29 is 9.84 Å². The standard InChI is InChI=1S/C15H16O2/c1-2-11-17-14-10-6-9-13(16)15(14)12-7-4-3-5-8-12/h3-10,16H,2,11H2,1H3. The minimum absolute atomic E-state index is 0.254. The van der Waals surface area contributed by atoms with Crippen LogP contribution in [0.5, 0.6) is 11.5 Å². The maximum atomic E-state index is 9.96. The molecule has 0 aliphatic heterocycles. The average molecular weight is 228 g/mol. The summed E-state index contributed by atoms with van der Waals surface area (Å²) < 4.78 is 5.66. The Bertz CT molecular complexity index is 478. The third kappa shape index (κ3) is 2.59. The molecule has 0 heterocycles. The molecule has 0 saturated heterocycles. The second-order valence-corrected chi connectivity index (χ2v) is 3.86. The Morgan fingerprint density at radius 3 is 2.47 bits per heavy atom. The van der Waals surface area contributed by atoms with Crippen LogP contribution in [0, 0.1) is 0 Å². The Kier molecular flexibility index (Phi) is 3.66. The fourth-order valence-electron chi connectivity index (χ4n) is 1.75. The van der Waals surface area contributed by atoms with Crippen molar-refractivity contribution in [2.45, 2.75) is 13.3 Å². The second-order valence-electron chi connectivity index (χ2n) is 3.86. The van der Waals surface area contributed by atoms with Crippen LogP contribution in [0.15, 0.2) is 48.5 Å². The summed E-state index contributed by atoms with van der Waals surface area (Å²) in [4.78, 5) is 0. The Morgan fingerprint density at radius 1 is 1.00 bits per heavy atom. The number of rotatable bonds is 4. The van der Waals surface area contributed by atoms with Crippen molar-refractivity contribution in [1.29, 1.82) is 0 Å². The van der Waals surface area contributed by atoms with Gasteiger partial charge in [-0.2, -0.15) is 0 Å². The van der Waals surface area contributed by atoms with Gasteiger partial charge < -0.3 is 9.84 Å². The maximum absolute atomic E-state index is 9.96. The number of aromatic hydroxyl groups is 1. The van der Waals surface area contributed by atoms with Crippen molar-refractivity contribution in [3.8, 4) is 22.6 Å². The summed E-state index contributed by atoms with van der Waals surface area (Å²) in [6, 6.07) is 15.2. The molecule has 0 spiro atoms. The average Bonchev–Trinajstić information content (AvgIpc) is 2.37. The molecule has 88 valence electrons. The van der Waals surface area contributed by atoms with Crippen LogP contribution < -0.4 is 4.74 Å². The van der Waals surface area contributed by atoms with Crippen molar-refractivity contribution in [3.05, 3.63) is 48.5 Å². The highest BCUT2D eigenvalue weighted by atomic mass is 16.5. The van der Waals surface area contributed by atoms with Gasteiger partial charge in [0, 0.05) is 0 Å². The molecule has 17 heavy (non-hydrogen) atoms. The zero-order chi connectivity index (χ0) is 12.1. The lowest BCUT2D eigenvalue weighted by Crippen LogP contribution is -1.97. The minimum Gasteiger partial charge on any atom is -0.507 e. The van der Waals surface area contributed by atoms with Gasteiger partial charge in [-0.3, -0.25) is 0 Å². The van der Waals surface area contributed by atoms with E-state index in [0.717, 1.165) is 23.3 Å². The van der Waals surface area contributed by atoms with Crippen molar-refractivity contribution in [2.75, 3.05) is 6.61 Å². The number of phenols is 1. The molecule has 2 heteroatoms. The fourth-order valence-corrected chi connectivity index (χ4v) is 1.75. The lowest BCUT2D eigenvalue weighted by Gasteiger charge is -2.12. The number of phenolic OH excluding ortho intramolecular Hbond substituents is 1. The van der Waals surface area contributed by atoms with Gasteiger partial charge in [-0.05, 0) is 24.1 Å². The predicted octanol–water partition coefficient (Wildman–Crippen LogP) is 3.85. The van der Waals surface area contributed by atoms with Crippen LogP contribution in [-0.2, 0) is 0 Å². The van der Waals surface area contributed by atoms with Crippen LogP contribution in [0.2, 0.25) is 0 Å². The van der Waals surface area contributed by atoms with Gasteiger partial charge in [-0.25, -0.2) is 0 Å². The molecule has 1 N–H and O–H groups in total. The Hall–Kier alpha value is -1.96. The summed E-state index contributed by atoms with van der Waals surface area (Å²) in [5.74, 6) is 0.989. The molecule has 0 saturated carbocycles. The molecule has 2 aromatic rings. The SMILES string of the molecule is CCCOc1cccc(O)c1-c1ccccc1. The van der Waals surface area contributed by atoms with Gasteiger partial charge in [0.1, 0.15) is 11.5 Å². The number of benzene rings is 2. The predicted molar refractivity (Wildman–Crippen MR) is 69.3 cm³/mol. The minimum atomic E-state index is 0.254. The normalized spacial score (nSPS) is 10.2. The summed E-state index contributed by atoms with van der Waals surface area (Å²) in [5.41, 5.74) is 1.73. The highest BCUT2D eigenvalue weighted by Gasteiger charge is 2.10. The first-order chi connectivity index (χ1) is 8.33. The molecule has 2 aromatic carbocycles. The summed E-state index contributed by atoms with van der Waals surface area (Å²) in [5, 5.41) is 9.96. The first kappa shape index (κ1) is 11.5. The molecule has 0 bridgehead atoms. The summed E-state index contributed by atoms with van der Waals surface area (Å²) in [7, 11) is 0. The molecule has 2 nitrogen and oxygen atoms in total. The van der Waals surface area contributed by atoms with Crippen LogP contribution in [0.1, 0.15) is 13.3 Å². The van der Waals surface area contributed by atoms with Crippen LogP contribution in [0.3, 0.4) is 0 Å². The molecule has 0 aromatic heterocycles. The van der Waals surface area contributed by atoms with Gasteiger partial charge in [0.15, 0.2) is 0 Å². The zero-order valence-electron chi connectivity index (χ0n) is 9.89. The van der Waals surface area contributed by atoms with E-state index in [2.05, 4.69) is 6.92 Å². The molecule has 0 aliphatic carbocycles. The summed E-state index contributed by atoms with van der Waals surface area (Å²) in [6.07, 6.45) is 0.948. The van der Waals surface area contributed by atoms with Gasteiger partial charge in [-0.15, -0.1) is 0 Å². The molecule has 0 fully saturated rings. The van der Waals surface area contributed by atoms with Gasteiger partial charge in [0.25, 0.3) is 0 Å². The van der Waals surface area contributed by atoms with Crippen LogP contribution in [-0.4, -0.2) is 11.7 Å². The van der Waals surface area contributed by atoms with Crippen molar-refractivity contribution in [3.63, 3.8) is 0 Å². The van der Waals surface area contributed by atoms with E-state index >= 15 is 0 Å². The molecule has 2 rings (SSSR count). The molecule has 0 aliphatic rings. The lowest BCUT2D eigenvalue weighted by molar-refractivity contribution is 0.317. The van der Waals surface area contributed by atoms with E-state index < -0.39 is 0 Å². The molecule has 0 unspecified atom stereocenters. The molecule has 0 radical (unpaired) electrons. The Morgan fingerprint density at radius 2 is 1.76 bits per heavy atom. The first-order valence-electron chi connectivity index (χ1n) is 5.83. The lowest BCUT2D eigenvalue weighted by atomic mass is 10.0. The molecule has 0 atom stereocenters. The van der Waals surface area contributed by atoms with Crippen LogP contribution in [0.4, 0.5) is 0 Å². The van der Waals surface area contributed by atoms with Gasteiger partial charge >= 0.3 is 0 Å². The smallest absolute Gasteiger partial charge is 0.130 e. The van der Waals surface area contributed by atoms with Crippen molar-refractivity contribution in [1.82, 2.24) is 0 Å². The molecular formula is C15H16O2. The van der Waals surface area contributed by atoms with Gasteiger partial charge in [-0.1, -0.05) is 43.3 Å². The third-order valence-corrected chi connectivity index (χ3v) is 2.53. The van der Waals surface area contributed by atoms with E-state index in [1.54, 1.807) is 12.1 Å². The van der Waals surface area contributed by atoms with E-state index in [4.69, 9.17) is 4.74 Å². The van der Waals surface area contributed by atoms with Crippen LogP contribution >= 0.6 is 0 Å². The molecular weight excluding hydrogens is 212 g/mol. The largest absolute Gasteiger partial charge is 0.507 e.